The number of nitrogens with one attached hydrogen (secondary N) is 1. The van der Waals surface area contributed by atoms with E-state index in [-0.39, 0.29) is 24.6 Å². The van der Waals surface area contributed by atoms with Crippen molar-refractivity contribution in [3.05, 3.63) is 98.5 Å². The molecule has 1 saturated heterocycles. The quantitative estimate of drug-likeness (QED) is 0.387. The summed E-state index contributed by atoms with van der Waals surface area (Å²) in [7, 11) is 0. The van der Waals surface area contributed by atoms with Gasteiger partial charge in [-0.2, -0.15) is 5.26 Å². The molecule has 3 aromatic rings. The second-order valence-corrected chi connectivity index (χ2v) is 11.2. The van der Waals surface area contributed by atoms with E-state index in [9.17, 15) is 14.9 Å². The van der Waals surface area contributed by atoms with Crippen LogP contribution in [-0.4, -0.2) is 53.3 Å². The van der Waals surface area contributed by atoms with Crippen LogP contribution in [0.3, 0.4) is 0 Å². The molecule has 8 nitrogen and oxygen atoms in total. The van der Waals surface area contributed by atoms with E-state index in [1.165, 1.54) is 4.90 Å². The number of piperazine rings is 1. The molecule has 1 fully saturated rings. The Morgan fingerprint density at radius 3 is 2.60 bits per heavy atom. The number of nitrogens with zero attached hydrogens (tertiary/aromatic N) is 4. The first-order valence-electron chi connectivity index (χ1n) is 12.9. The van der Waals surface area contributed by atoms with Gasteiger partial charge in [-0.15, -0.1) is 0 Å². The van der Waals surface area contributed by atoms with Crippen LogP contribution < -0.4 is 10.1 Å². The van der Waals surface area contributed by atoms with Gasteiger partial charge in [-0.25, -0.2) is 4.79 Å². The third-order valence-electron chi connectivity index (χ3n) is 6.73. The molecule has 0 spiro atoms. The molecular formula is C30H27BrClN5O3. The van der Waals surface area contributed by atoms with Crippen LogP contribution in [0.25, 0.3) is 0 Å². The molecule has 0 saturated carbocycles. The number of aliphatic imine (C=N–C) groups is 1. The second kappa shape index (κ2) is 11.7. The predicted octanol–water partition coefficient (Wildman–Crippen LogP) is 5.86. The lowest BCUT2D eigenvalue weighted by Gasteiger charge is -2.36. The number of nitriles is 1. The number of benzene rings is 3. The molecule has 2 aliphatic rings. The van der Waals surface area contributed by atoms with Crippen LogP contribution in [0.2, 0.25) is 5.02 Å². The average Bonchev–Trinajstić information content (AvgIpc) is 3.33. The monoisotopic (exact) mass is 619 g/mol. The van der Waals surface area contributed by atoms with Gasteiger partial charge in [-0.3, -0.25) is 14.7 Å². The maximum atomic E-state index is 14.4. The molecule has 5 rings (SSSR count). The number of ether oxygens (including phenoxy) is 1. The molecule has 10 heteroatoms. The van der Waals surface area contributed by atoms with E-state index in [0.29, 0.717) is 40.8 Å². The van der Waals surface area contributed by atoms with Crippen LogP contribution in [0.5, 0.6) is 5.75 Å². The highest BCUT2D eigenvalue weighted by Crippen LogP contribution is 2.47. The number of hydrogen-bond acceptors (Lipinski definition) is 5. The Morgan fingerprint density at radius 1 is 1.18 bits per heavy atom. The Morgan fingerprint density at radius 2 is 1.93 bits per heavy atom. The molecule has 0 aromatic heterocycles. The van der Waals surface area contributed by atoms with Gasteiger partial charge in [0.05, 0.1) is 29.3 Å². The van der Waals surface area contributed by atoms with Crippen LogP contribution in [0, 0.1) is 11.3 Å². The molecule has 2 atom stereocenters. The molecule has 40 heavy (non-hydrogen) atoms. The first-order valence-corrected chi connectivity index (χ1v) is 14.1. The number of carbonyl (C=O) groups excluding carboxylic acids is 2. The van der Waals surface area contributed by atoms with Crippen molar-refractivity contribution >= 4 is 45.3 Å². The van der Waals surface area contributed by atoms with E-state index in [1.807, 2.05) is 56.3 Å². The Kier molecular flexibility index (Phi) is 8.10. The van der Waals surface area contributed by atoms with E-state index in [1.54, 1.807) is 29.2 Å². The number of amides is 3. The van der Waals surface area contributed by atoms with Crippen molar-refractivity contribution in [3.63, 3.8) is 0 Å². The summed E-state index contributed by atoms with van der Waals surface area (Å²) in [5.74, 6) is 0.601. The van der Waals surface area contributed by atoms with Crippen molar-refractivity contribution in [1.82, 2.24) is 15.1 Å². The number of amidine groups is 1. The molecule has 0 bridgehead atoms. The van der Waals surface area contributed by atoms with Gasteiger partial charge < -0.3 is 15.0 Å². The van der Waals surface area contributed by atoms with E-state index in [0.717, 1.165) is 15.6 Å². The van der Waals surface area contributed by atoms with Crippen LogP contribution in [0.4, 0.5) is 4.79 Å². The van der Waals surface area contributed by atoms with Crippen molar-refractivity contribution in [2.75, 3.05) is 19.6 Å². The Labute approximate surface area is 246 Å². The third-order valence-corrected chi connectivity index (χ3v) is 7.60. The molecule has 3 aromatic carbocycles. The first kappa shape index (κ1) is 27.7. The van der Waals surface area contributed by atoms with Gasteiger partial charge >= 0.3 is 6.03 Å². The standard InChI is InChI=1S/C30H27BrClN5O3/c1-18(2)40-25-15-19(16-33)7-12-23(25)29-35-27(20-8-10-21(31)11-9-20)28(22-5-3-4-6-24(22)32)37(29)30(39)36-14-13-34-26(38)17-36/h3-12,15,18,27-28H,13-14,17H2,1-2H3,(H,34,38). The fourth-order valence-electron chi connectivity index (χ4n) is 4.97. The van der Waals surface area contributed by atoms with E-state index >= 15 is 0 Å². The van der Waals surface area contributed by atoms with Crippen molar-refractivity contribution in [2.24, 2.45) is 4.99 Å². The molecule has 1 N–H and O–H groups in total. The zero-order chi connectivity index (χ0) is 28.4. The molecule has 2 aliphatic heterocycles. The fraction of sp³-hybridized carbons (Fsp3) is 0.267. The zero-order valence-corrected chi connectivity index (χ0v) is 24.3. The summed E-state index contributed by atoms with van der Waals surface area (Å²) in [6, 6.07) is 21.0. The minimum absolute atomic E-state index is 0.0659. The molecule has 2 heterocycles. The van der Waals surface area contributed by atoms with Gasteiger partial charge in [0.25, 0.3) is 0 Å². The predicted molar refractivity (Wildman–Crippen MR) is 156 cm³/mol. The van der Waals surface area contributed by atoms with Gasteiger partial charge in [0.2, 0.25) is 5.91 Å². The molecular weight excluding hydrogens is 594 g/mol. The van der Waals surface area contributed by atoms with Crippen molar-refractivity contribution in [2.45, 2.75) is 32.0 Å². The summed E-state index contributed by atoms with van der Waals surface area (Å²) in [6.45, 7) is 4.44. The van der Waals surface area contributed by atoms with Crippen LogP contribution in [-0.2, 0) is 4.79 Å². The number of carbonyl (C=O) groups is 2. The molecule has 3 amide bonds. The van der Waals surface area contributed by atoms with Crippen molar-refractivity contribution in [1.29, 1.82) is 5.26 Å². The summed E-state index contributed by atoms with van der Waals surface area (Å²) in [4.78, 5) is 34.9. The third kappa shape index (κ3) is 5.55. The summed E-state index contributed by atoms with van der Waals surface area (Å²) in [5.41, 5.74) is 2.61. The maximum absolute atomic E-state index is 14.4. The van der Waals surface area contributed by atoms with Gasteiger partial charge in [0.1, 0.15) is 24.2 Å². The summed E-state index contributed by atoms with van der Waals surface area (Å²) >= 11 is 10.3. The smallest absolute Gasteiger partial charge is 0.326 e. The van der Waals surface area contributed by atoms with E-state index in [4.69, 9.17) is 21.3 Å². The molecule has 2 unspecified atom stereocenters. The second-order valence-electron chi connectivity index (χ2n) is 9.83. The fourth-order valence-corrected chi connectivity index (χ4v) is 5.48. The van der Waals surface area contributed by atoms with Crippen LogP contribution >= 0.6 is 27.5 Å². The number of rotatable bonds is 5. The highest BCUT2D eigenvalue weighted by Gasteiger charge is 2.45. The molecule has 0 radical (unpaired) electrons. The van der Waals surface area contributed by atoms with Gasteiger partial charge in [0.15, 0.2) is 0 Å². The van der Waals surface area contributed by atoms with Crippen LogP contribution in [0.15, 0.2) is 76.2 Å². The normalized spacial score (nSPS) is 18.8. The summed E-state index contributed by atoms with van der Waals surface area (Å²) in [6.07, 6.45) is -0.189. The highest BCUT2D eigenvalue weighted by atomic mass is 79.9. The molecule has 204 valence electrons. The largest absolute Gasteiger partial charge is 0.490 e. The van der Waals surface area contributed by atoms with Gasteiger partial charge in [0, 0.05) is 22.6 Å². The summed E-state index contributed by atoms with van der Waals surface area (Å²) < 4.78 is 7.05. The zero-order valence-electron chi connectivity index (χ0n) is 22.0. The summed E-state index contributed by atoms with van der Waals surface area (Å²) in [5, 5.41) is 12.8. The lowest BCUT2D eigenvalue weighted by atomic mass is 9.93. The highest BCUT2D eigenvalue weighted by molar-refractivity contribution is 9.10. The lowest BCUT2D eigenvalue weighted by molar-refractivity contribution is -0.123. The lowest BCUT2D eigenvalue weighted by Crippen LogP contribution is -2.55. The van der Waals surface area contributed by atoms with Crippen LogP contribution in [0.1, 0.15) is 48.2 Å². The number of halogens is 2. The number of urea groups is 1. The Hall–Kier alpha value is -3.87. The Bertz CT molecular complexity index is 1520. The van der Waals surface area contributed by atoms with E-state index < -0.39 is 12.1 Å². The maximum Gasteiger partial charge on any atom is 0.326 e. The van der Waals surface area contributed by atoms with Gasteiger partial charge in [-0.05, 0) is 61.4 Å². The van der Waals surface area contributed by atoms with Crippen molar-refractivity contribution in [3.8, 4) is 11.8 Å². The van der Waals surface area contributed by atoms with Crippen molar-refractivity contribution < 1.29 is 14.3 Å². The Balaban J connectivity index is 1.73. The molecule has 0 aliphatic carbocycles. The average molecular weight is 621 g/mol. The minimum Gasteiger partial charge on any atom is -0.490 e. The topological polar surface area (TPSA) is 98.0 Å². The number of hydrogen-bond donors (Lipinski definition) is 1. The van der Waals surface area contributed by atoms with E-state index in [2.05, 4.69) is 27.3 Å². The van der Waals surface area contributed by atoms with Gasteiger partial charge in [-0.1, -0.05) is 57.9 Å². The SMILES string of the molecule is CC(C)Oc1cc(C#N)ccc1C1=NC(c2ccc(Br)cc2)C(c2ccccc2Cl)N1C(=O)N1CCNC(=O)C1. The first-order chi connectivity index (χ1) is 19.3. The minimum atomic E-state index is -0.607.